The zero-order valence-electron chi connectivity index (χ0n) is 31.2. The highest BCUT2D eigenvalue weighted by atomic mass is 32.1. The van der Waals surface area contributed by atoms with Crippen molar-refractivity contribution in [3.63, 3.8) is 0 Å². The normalized spacial score (nSPS) is 13.3. The molecule has 0 atom stereocenters. The van der Waals surface area contributed by atoms with Gasteiger partial charge in [0, 0.05) is 31.0 Å². The Labute approximate surface area is 329 Å². The van der Waals surface area contributed by atoms with Crippen molar-refractivity contribution in [2.75, 3.05) is 0 Å². The van der Waals surface area contributed by atoms with Crippen molar-refractivity contribution in [1.29, 1.82) is 0 Å². The first kappa shape index (κ1) is 31.8. The fourth-order valence-electron chi connectivity index (χ4n) is 10.1. The van der Waals surface area contributed by atoms with Crippen molar-refractivity contribution in [2.45, 2.75) is 19.3 Å². The second-order valence-electron chi connectivity index (χ2n) is 15.9. The van der Waals surface area contributed by atoms with Crippen LogP contribution in [0.15, 0.2) is 182 Å². The van der Waals surface area contributed by atoms with Crippen LogP contribution in [0, 0.1) is 0 Å². The molecule has 11 aromatic rings. The van der Waals surface area contributed by atoms with Crippen molar-refractivity contribution in [2.24, 2.45) is 0 Å². The van der Waals surface area contributed by atoms with Crippen LogP contribution in [0.25, 0.3) is 108 Å². The molecule has 1 aromatic heterocycles. The van der Waals surface area contributed by atoms with Crippen LogP contribution < -0.4 is 0 Å². The summed E-state index contributed by atoms with van der Waals surface area (Å²) in [5, 5.41) is 13.1. The Morgan fingerprint density at radius 3 is 1.62 bits per heavy atom. The summed E-state index contributed by atoms with van der Waals surface area (Å²) in [7, 11) is 0. The van der Waals surface area contributed by atoms with E-state index in [1.54, 1.807) is 0 Å². The molecule has 0 unspecified atom stereocenters. The minimum atomic E-state index is -0.137. The van der Waals surface area contributed by atoms with E-state index in [9.17, 15) is 0 Å². The van der Waals surface area contributed by atoms with E-state index in [2.05, 4.69) is 196 Å². The van der Waals surface area contributed by atoms with Gasteiger partial charge in [-0.1, -0.05) is 184 Å². The van der Waals surface area contributed by atoms with Gasteiger partial charge in [0.05, 0.1) is 0 Å². The van der Waals surface area contributed by atoms with E-state index in [0.717, 1.165) is 0 Å². The highest BCUT2D eigenvalue weighted by molar-refractivity contribution is 7.26. The molecule has 12 rings (SSSR count). The Bertz CT molecular complexity index is 3380. The van der Waals surface area contributed by atoms with Crippen LogP contribution in [0.5, 0.6) is 0 Å². The third-order valence-electron chi connectivity index (χ3n) is 12.7. The molecule has 1 heterocycles. The van der Waals surface area contributed by atoms with Crippen LogP contribution in [0.3, 0.4) is 0 Å². The second-order valence-corrected chi connectivity index (χ2v) is 17.0. The zero-order chi connectivity index (χ0) is 37.1. The Morgan fingerprint density at radius 1 is 0.357 bits per heavy atom. The molecule has 1 aliphatic rings. The quantitative estimate of drug-likeness (QED) is 0.159. The van der Waals surface area contributed by atoms with Gasteiger partial charge in [0.15, 0.2) is 0 Å². The molecule has 262 valence electrons. The van der Waals surface area contributed by atoms with Gasteiger partial charge >= 0.3 is 0 Å². The topological polar surface area (TPSA) is 0 Å². The van der Waals surface area contributed by atoms with E-state index in [0.29, 0.717) is 0 Å². The molecule has 1 aliphatic carbocycles. The molecule has 56 heavy (non-hydrogen) atoms. The first-order valence-corrected chi connectivity index (χ1v) is 20.4. The number of hydrogen-bond acceptors (Lipinski definition) is 1. The van der Waals surface area contributed by atoms with Crippen LogP contribution in [-0.2, 0) is 5.41 Å². The summed E-state index contributed by atoms with van der Waals surface area (Å²) in [6.45, 7) is 4.82. The van der Waals surface area contributed by atoms with Crippen LogP contribution >= 0.6 is 11.3 Å². The largest absolute Gasteiger partial charge is 0.135 e. The maximum Gasteiger partial charge on any atom is 0.0440 e. The van der Waals surface area contributed by atoms with E-state index in [1.807, 2.05) is 11.3 Å². The summed E-state index contributed by atoms with van der Waals surface area (Å²) in [6, 6.07) is 68.1. The van der Waals surface area contributed by atoms with Crippen molar-refractivity contribution < 1.29 is 0 Å². The Balaban J connectivity index is 1.07. The van der Waals surface area contributed by atoms with Crippen LogP contribution in [-0.4, -0.2) is 0 Å². The van der Waals surface area contributed by atoms with Gasteiger partial charge in [0.1, 0.15) is 0 Å². The van der Waals surface area contributed by atoms with Gasteiger partial charge in [-0.05, 0) is 105 Å². The average Bonchev–Trinajstić information content (AvgIpc) is 3.74. The monoisotopic (exact) mass is 728 g/mol. The third kappa shape index (κ3) is 4.35. The van der Waals surface area contributed by atoms with E-state index < -0.39 is 0 Å². The van der Waals surface area contributed by atoms with Gasteiger partial charge in [0.2, 0.25) is 0 Å². The first-order chi connectivity index (χ1) is 27.6. The molecule has 0 saturated carbocycles. The summed E-state index contributed by atoms with van der Waals surface area (Å²) in [6.07, 6.45) is 0. The van der Waals surface area contributed by atoms with Gasteiger partial charge in [-0.15, -0.1) is 11.3 Å². The number of fused-ring (bicyclic) bond motifs is 12. The van der Waals surface area contributed by atoms with E-state index in [1.165, 1.54) is 119 Å². The zero-order valence-corrected chi connectivity index (χ0v) is 32.0. The van der Waals surface area contributed by atoms with Crippen molar-refractivity contribution >= 4 is 74.6 Å². The Morgan fingerprint density at radius 2 is 0.911 bits per heavy atom. The molecule has 0 N–H and O–H groups in total. The molecule has 0 saturated heterocycles. The van der Waals surface area contributed by atoms with Gasteiger partial charge in [0.25, 0.3) is 0 Å². The standard InChI is InChI=1S/C55H36S/c1-55(2)47-31-26-34-24-27-45-39-18-12-13-23-49(39)56-54(45)51(34)53(47)46-28-25-35(32-48(46)55)36-29-30-44(38-17-7-6-16-37(36)38)52-42-21-10-8-19-40(42)50(33-14-4-3-5-15-33)41-20-9-11-22-43(41)52/h3-32H,1-2H3. The number of rotatable bonds is 3. The molecule has 0 fully saturated rings. The molecule has 0 spiro atoms. The Kier molecular flexibility index (Phi) is 6.66. The van der Waals surface area contributed by atoms with E-state index in [4.69, 9.17) is 0 Å². The van der Waals surface area contributed by atoms with Crippen molar-refractivity contribution in [1.82, 2.24) is 0 Å². The van der Waals surface area contributed by atoms with Crippen LogP contribution in [0.4, 0.5) is 0 Å². The summed E-state index contributed by atoms with van der Waals surface area (Å²) in [5.41, 5.74) is 13.1. The number of hydrogen-bond donors (Lipinski definition) is 0. The predicted octanol–water partition coefficient (Wildman–Crippen LogP) is 16.0. The maximum absolute atomic E-state index is 2.49. The van der Waals surface area contributed by atoms with E-state index >= 15 is 0 Å². The Hall–Kier alpha value is -6.54. The molecular formula is C55H36S. The first-order valence-electron chi connectivity index (χ1n) is 19.6. The minimum absolute atomic E-state index is 0.137. The highest BCUT2D eigenvalue weighted by Crippen LogP contribution is 2.55. The molecule has 0 radical (unpaired) electrons. The average molecular weight is 729 g/mol. The lowest BCUT2D eigenvalue weighted by atomic mass is 9.80. The van der Waals surface area contributed by atoms with Crippen LogP contribution in [0.2, 0.25) is 0 Å². The molecular weight excluding hydrogens is 693 g/mol. The summed E-state index contributed by atoms with van der Waals surface area (Å²) in [5.74, 6) is 0. The smallest absolute Gasteiger partial charge is 0.0440 e. The van der Waals surface area contributed by atoms with Crippen molar-refractivity contribution in [3.05, 3.63) is 193 Å². The number of benzene rings is 10. The fraction of sp³-hybridized carbons (Fsp3) is 0.0545. The third-order valence-corrected chi connectivity index (χ3v) is 13.9. The lowest BCUT2D eigenvalue weighted by Crippen LogP contribution is -2.15. The van der Waals surface area contributed by atoms with Gasteiger partial charge < -0.3 is 0 Å². The number of thiophene rings is 1. The summed E-state index contributed by atoms with van der Waals surface area (Å²) < 4.78 is 2.75. The maximum atomic E-state index is 2.49. The van der Waals surface area contributed by atoms with Gasteiger partial charge in [-0.25, -0.2) is 0 Å². The minimum Gasteiger partial charge on any atom is -0.135 e. The molecule has 0 amide bonds. The summed E-state index contributed by atoms with van der Waals surface area (Å²) in [4.78, 5) is 0. The van der Waals surface area contributed by atoms with Crippen molar-refractivity contribution in [3.8, 4) is 44.5 Å². The fourth-order valence-corrected chi connectivity index (χ4v) is 11.4. The SMILES string of the molecule is CC1(C)c2cc(-c3ccc(-c4c5ccccc5c(-c5ccccc5)c5ccccc45)c4ccccc34)ccc2-c2c1ccc1ccc3c4ccccc4sc3c21. The second kappa shape index (κ2) is 11.7. The van der Waals surface area contributed by atoms with E-state index in [-0.39, 0.29) is 5.41 Å². The van der Waals surface area contributed by atoms with Crippen LogP contribution in [0.1, 0.15) is 25.0 Å². The highest BCUT2D eigenvalue weighted by Gasteiger charge is 2.37. The summed E-state index contributed by atoms with van der Waals surface area (Å²) >= 11 is 1.93. The molecule has 10 aromatic carbocycles. The molecule has 0 bridgehead atoms. The van der Waals surface area contributed by atoms with Gasteiger partial charge in [-0.2, -0.15) is 0 Å². The molecule has 0 aliphatic heterocycles. The molecule has 0 nitrogen and oxygen atoms in total. The molecule has 1 heteroatoms. The lowest BCUT2D eigenvalue weighted by Gasteiger charge is -2.23. The van der Waals surface area contributed by atoms with Gasteiger partial charge in [-0.3, -0.25) is 0 Å². The predicted molar refractivity (Wildman–Crippen MR) is 243 cm³/mol. The lowest BCUT2D eigenvalue weighted by molar-refractivity contribution is 0.661.